The van der Waals surface area contributed by atoms with Crippen molar-refractivity contribution in [1.82, 2.24) is 15.1 Å². The van der Waals surface area contributed by atoms with Crippen LogP contribution in [0.4, 0.5) is 4.79 Å². The van der Waals surface area contributed by atoms with Crippen molar-refractivity contribution < 1.29 is 14.3 Å². The van der Waals surface area contributed by atoms with Crippen LogP contribution in [-0.4, -0.2) is 35.3 Å². The first-order chi connectivity index (χ1) is 6.76. The summed E-state index contributed by atoms with van der Waals surface area (Å²) < 4.78 is 5.91. The van der Waals surface area contributed by atoms with Gasteiger partial charge < -0.3 is 14.8 Å². The molecule has 1 N–H and O–H groups in total. The largest absolute Gasteiger partial charge is 0.453 e. The number of aromatic nitrogens is 2. The lowest BCUT2D eigenvalue weighted by atomic mass is 10.3. The molecule has 76 valence electrons. The van der Waals surface area contributed by atoms with Gasteiger partial charge in [-0.1, -0.05) is 0 Å². The maximum absolute atomic E-state index is 10.8. The molecule has 14 heavy (non-hydrogen) atoms. The number of hydrogen-bond donors (Lipinski definition) is 1. The van der Waals surface area contributed by atoms with Gasteiger partial charge in [0.1, 0.15) is 12.3 Å². The molecule has 0 saturated heterocycles. The average Bonchev–Trinajstić information content (AvgIpc) is 2.69. The summed E-state index contributed by atoms with van der Waals surface area (Å²) in [7, 11) is 1.24. The third-order valence-electron chi connectivity index (χ3n) is 1.60. The molecule has 0 bridgehead atoms. The number of carbonyl (C=O) groups is 2. The Labute approximate surface area is 80.8 Å². The van der Waals surface area contributed by atoms with Gasteiger partial charge in [0, 0.05) is 12.4 Å². The molecule has 0 aliphatic heterocycles. The molecular weight excluding hydrogens is 186 g/mol. The summed E-state index contributed by atoms with van der Waals surface area (Å²) in [5, 5.41) is 6.27. The van der Waals surface area contributed by atoms with Crippen LogP contribution >= 0.6 is 0 Å². The molecule has 1 atom stereocenters. The molecule has 0 radical (unpaired) electrons. The molecule has 0 fully saturated rings. The molecule has 0 saturated carbocycles. The van der Waals surface area contributed by atoms with E-state index in [4.69, 9.17) is 0 Å². The highest BCUT2D eigenvalue weighted by atomic mass is 16.5. The lowest BCUT2D eigenvalue weighted by Crippen LogP contribution is -2.39. The minimum absolute atomic E-state index is 0.297. The standard InChI is InChI=1S/C8H11N3O3/c1-14-8(13)10-7(6-12)5-11-4-2-3-9-11/h2-4,6-7H,5H2,1H3,(H,10,13). The number of aldehydes is 1. The molecule has 1 aromatic heterocycles. The number of alkyl carbamates (subject to hydrolysis) is 1. The van der Waals surface area contributed by atoms with Crippen LogP contribution in [0.5, 0.6) is 0 Å². The Morgan fingerprint density at radius 3 is 3.07 bits per heavy atom. The summed E-state index contributed by atoms with van der Waals surface area (Å²) in [5.74, 6) is 0. The predicted octanol–water partition coefficient (Wildman–Crippen LogP) is -0.193. The van der Waals surface area contributed by atoms with E-state index in [1.54, 1.807) is 23.1 Å². The van der Waals surface area contributed by atoms with Crippen molar-refractivity contribution in [2.75, 3.05) is 7.11 Å². The molecule has 0 aliphatic carbocycles. The van der Waals surface area contributed by atoms with E-state index in [0.29, 0.717) is 12.8 Å². The molecule has 6 heteroatoms. The zero-order chi connectivity index (χ0) is 10.4. The molecule has 1 rings (SSSR count). The SMILES string of the molecule is COC(=O)NC(C=O)Cn1cccn1. The first-order valence-electron chi connectivity index (χ1n) is 4.03. The number of amides is 1. The number of nitrogens with zero attached hydrogens (tertiary/aromatic N) is 2. The van der Waals surface area contributed by atoms with Gasteiger partial charge in [-0.25, -0.2) is 4.79 Å². The quantitative estimate of drug-likeness (QED) is 0.679. The average molecular weight is 197 g/mol. The summed E-state index contributed by atoms with van der Waals surface area (Å²) in [4.78, 5) is 21.4. The van der Waals surface area contributed by atoms with Crippen LogP contribution in [0.3, 0.4) is 0 Å². The number of carbonyl (C=O) groups excluding carboxylic acids is 2. The van der Waals surface area contributed by atoms with E-state index in [1.165, 1.54) is 7.11 Å². The zero-order valence-corrected chi connectivity index (χ0v) is 7.71. The van der Waals surface area contributed by atoms with Gasteiger partial charge in [0.15, 0.2) is 0 Å². The van der Waals surface area contributed by atoms with E-state index < -0.39 is 12.1 Å². The summed E-state index contributed by atoms with van der Waals surface area (Å²) in [6, 6.07) is 1.11. The van der Waals surface area contributed by atoms with Crippen molar-refractivity contribution in [3.63, 3.8) is 0 Å². The number of nitrogens with one attached hydrogen (secondary N) is 1. The first-order valence-corrected chi connectivity index (χ1v) is 4.03. The zero-order valence-electron chi connectivity index (χ0n) is 7.71. The summed E-state index contributed by atoms with van der Waals surface area (Å²) in [6.45, 7) is 0.297. The lowest BCUT2D eigenvalue weighted by Gasteiger charge is -2.11. The minimum Gasteiger partial charge on any atom is -0.453 e. The topological polar surface area (TPSA) is 73.2 Å². The van der Waals surface area contributed by atoms with Crippen LogP contribution < -0.4 is 5.32 Å². The van der Waals surface area contributed by atoms with Crippen LogP contribution in [0.1, 0.15) is 0 Å². The Hall–Kier alpha value is -1.85. The molecule has 1 unspecified atom stereocenters. The number of ether oxygens (including phenoxy) is 1. The Kier molecular flexibility index (Phi) is 3.66. The Bertz CT molecular complexity index is 297. The van der Waals surface area contributed by atoms with Crippen molar-refractivity contribution >= 4 is 12.4 Å². The fourth-order valence-electron chi connectivity index (χ4n) is 0.943. The number of rotatable bonds is 4. The van der Waals surface area contributed by atoms with E-state index in [-0.39, 0.29) is 0 Å². The third kappa shape index (κ3) is 2.89. The van der Waals surface area contributed by atoms with Crippen LogP contribution in [0, 0.1) is 0 Å². The molecule has 0 spiro atoms. The molecule has 1 aromatic rings. The second kappa shape index (κ2) is 5.00. The maximum Gasteiger partial charge on any atom is 0.407 e. The second-order valence-electron chi connectivity index (χ2n) is 2.61. The van der Waals surface area contributed by atoms with E-state index in [0.717, 1.165) is 0 Å². The van der Waals surface area contributed by atoms with Gasteiger partial charge in [0.2, 0.25) is 0 Å². The molecule has 6 nitrogen and oxygen atoms in total. The highest BCUT2D eigenvalue weighted by Gasteiger charge is 2.11. The third-order valence-corrected chi connectivity index (χ3v) is 1.60. The van der Waals surface area contributed by atoms with Crippen LogP contribution in [0.15, 0.2) is 18.5 Å². The van der Waals surface area contributed by atoms with Crippen LogP contribution in [0.2, 0.25) is 0 Å². The van der Waals surface area contributed by atoms with E-state index in [1.807, 2.05) is 0 Å². The molecule has 0 aliphatic rings. The van der Waals surface area contributed by atoms with E-state index >= 15 is 0 Å². The number of methoxy groups -OCH3 is 1. The Morgan fingerprint density at radius 2 is 2.57 bits per heavy atom. The fourth-order valence-corrected chi connectivity index (χ4v) is 0.943. The second-order valence-corrected chi connectivity index (χ2v) is 2.61. The minimum atomic E-state index is -0.630. The molecule has 1 heterocycles. The smallest absolute Gasteiger partial charge is 0.407 e. The molecular formula is C8H11N3O3. The first kappa shape index (κ1) is 10.2. The van der Waals surface area contributed by atoms with Crippen molar-refractivity contribution in [3.8, 4) is 0 Å². The van der Waals surface area contributed by atoms with Crippen molar-refractivity contribution in [2.45, 2.75) is 12.6 Å². The summed E-state index contributed by atoms with van der Waals surface area (Å²) in [6.07, 6.45) is 3.31. The normalized spacial score (nSPS) is 11.8. The van der Waals surface area contributed by atoms with Crippen LogP contribution in [-0.2, 0) is 16.1 Å². The van der Waals surface area contributed by atoms with Gasteiger partial charge in [-0.3, -0.25) is 4.68 Å². The Morgan fingerprint density at radius 1 is 1.79 bits per heavy atom. The Balaban J connectivity index is 2.47. The van der Waals surface area contributed by atoms with Gasteiger partial charge >= 0.3 is 6.09 Å². The van der Waals surface area contributed by atoms with Crippen molar-refractivity contribution in [2.24, 2.45) is 0 Å². The molecule has 0 aromatic carbocycles. The summed E-state index contributed by atoms with van der Waals surface area (Å²) >= 11 is 0. The predicted molar refractivity (Wildman–Crippen MR) is 47.6 cm³/mol. The van der Waals surface area contributed by atoms with Gasteiger partial charge in [-0.15, -0.1) is 0 Å². The highest BCUT2D eigenvalue weighted by Crippen LogP contribution is 1.89. The highest BCUT2D eigenvalue weighted by molar-refractivity contribution is 5.72. The summed E-state index contributed by atoms with van der Waals surface area (Å²) in [5.41, 5.74) is 0. The lowest BCUT2D eigenvalue weighted by molar-refractivity contribution is -0.109. The van der Waals surface area contributed by atoms with Gasteiger partial charge in [-0.2, -0.15) is 5.10 Å². The van der Waals surface area contributed by atoms with E-state index in [2.05, 4.69) is 15.2 Å². The van der Waals surface area contributed by atoms with Crippen molar-refractivity contribution in [1.29, 1.82) is 0 Å². The monoisotopic (exact) mass is 197 g/mol. The van der Waals surface area contributed by atoms with Gasteiger partial charge in [-0.05, 0) is 6.07 Å². The van der Waals surface area contributed by atoms with Gasteiger partial charge in [0.25, 0.3) is 0 Å². The fraction of sp³-hybridized carbons (Fsp3) is 0.375. The van der Waals surface area contributed by atoms with E-state index in [9.17, 15) is 9.59 Å². The number of hydrogen-bond acceptors (Lipinski definition) is 4. The van der Waals surface area contributed by atoms with Crippen molar-refractivity contribution in [3.05, 3.63) is 18.5 Å². The maximum atomic E-state index is 10.8. The molecule has 1 amide bonds. The van der Waals surface area contributed by atoms with Crippen LogP contribution in [0.25, 0.3) is 0 Å². The van der Waals surface area contributed by atoms with Gasteiger partial charge in [0.05, 0.1) is 13.7 Å².